The summed E-state index contributed by atoms with van der Waals surface area (Å²) < 4.78 is 5.44. The van der Waals surface area contributed by atoms with Gasteiger partial charge in [0.15, 0.2) is 0 Å². The van der Waals surface area contributed by atoms with E-state index in [0.29, 0.717) is 18.8 Å². The number of morpholine rings is 1. The van der Waals surface area contributed by atoms with Gasteiger partial charge in [-0.05, 0) is 12.1 Å². The number of hydrogen-bond acceptors (Lipinski definition) is 7. The molecular weight excluding hydrogens is 398 g/mol. The van der Waals surface area contributed by atoms with E-state index >= 15 is 0 Å². The van der Waals surface area contributed by atoms with E-state index < -0.39 is 0 Å². The Morgan fingerprint density at radius 3 is 2.53 bits per heavy atom. The third-order valence-electron chi connectivity index (χ3n) is 5.57. The maximum atomic E-state index is 13.2. The first-order valence-electron chi connectivity index (χ1n) is 10.7. The van der Waals surface area contributed by atoms with Gasteiger partial charge in [0.05, 0.1) is 29.5 Å². The van der Waals surface area contributed by atoms with Gasteiger partial charge in [-0.25, -0.2) is 9.97 Å². The molecule has 0 spiro atoms. The van der Waals surface area contributed by atoms with Crippen LogP contribution in [0.5, 0.6) is 0 Å². The average Bonchev–Trinajstić information content (AvgIpc) is 3.24. The van der Waals surface area contributed by atoms with Gasteiger partial charge >= 0.3 is 0 Å². The number of hydrogen-bond donors (Lipinski definition) is 0. The summed E-state index contributed by atoms with van der Waals surface area (Å²) in [7, 11) is 0. The van der Waals surface area contributed by atoms with Crippen molar-refractivity contribution in [3.63, 3.8) is 0 Å². The van der Waals surface area contributed by atoms with Crippen molar-refractivity contribution in [2.24, 2.45) is 0 Å². The number of ether oxygens (including phenoxy) is 1. The van der Waals surface area contributed by atoms with Crippen LogP contribution in [-0.4, -0.2) is 78.2 Å². The summed E-state index contributed by atoms with van der Waals surface area (Å²) in [5, 5.41) is 3.35. The molecule has 0 unspecified atom stereocenters. The van der Waals surface area contributed by atoms with Crippen molar-refractivity contribution >= 4 is 23.1 Å². The Hall–Kier alpha value is -2.03. The van der Waals surface area contributed by atoms with Crippen LogP contribution in [0.1, 0.15) is 41.8 Å². The molecule has 7 nitrogen and oxygen atoms in total. The number of pyridine rings is 1. The minimum Gasteiger partial charge on any atom is -0.378 e. The van der Waals surface area contributed by atoms with E-state index in [9.17, 15) is 4.79 Å². The molecule has 2 aliphatic heterocycles. The van der Waals surface area contributed by atoms with Gasteiger partial charge < -0.3 is 14.5 Å². The van der Waals surface area contributed by atoms with Crippen LogP contribution in [-0.2, 0) is 16.7 Å². The predicted molar refractivity (Wildman–Crippen MR) is 119 cm³/mol. The molecule has 30 heavy (non-hydrogen) atoms. The molecule has 1 amide bonds. The van der Waals surface area contributed by atoms with Crippen molar-refractivity contribution in [1.29, 1.82) is 0 Å². The van der Waals surface area contributed by atoms with Crippen LogP contribution in [0.3, 0.4) is 0 Å². The van der Waals surface area contributed by atoms with Crippen LogP contribution in [0.2, 0.25) is 0 Å². The lowest BCUT2D eigenvalue weighted by molar-refractivity contribution is 0.0626. The Labute approximate surface area is 182 Å². The van der Waals surface area contributed by atoms with Gasteiger partial charge in [0.25, 0.3) is 5.91 Å². The summed E-state index contributed by atoms with van der Waals surface area (Å²) in [4.78, 5) is 29.1. The number of anilines is 1. The summed E-state index contributed by atoms with van der Waals surface area (Å²) in [6, 6.07) is 3.75. The molecule has 0 aromatic carbocycles. The highest BCUT2D eigenvalue weighted by Gasteiger charge is 2.27. The summed E-state index contributed by atoms with van der Waals surface area (Å²) >= 11 is 1.74. The van der Waals surface area contributed by atoms with E-state index in [4.69, 9.17) is 9.72 Å². The Morgan fingerprint density at radius 1 is 1.13 bits per heavy atom. The molecule has 0 aliphatic carbocycles. The fourth-order valence-electron chi connectivity index (χ4n) is 3.82. The number of nitrogens with zero attached hydrogens (tertiary/aromatic N) is 5. The highest BCUT2D eigenvalue weighted by molar-refractivity contribution is 7.09. The Morgan fingerprint density at radius 2 is 1.87 bits per heavy atom. The first kappa shape index (κ1) is 21.2. The lowest BCUT2D eigenvalue weighted by Crippen LogP contribution is -2.48. The second-order valence-electron chi connectivity index (χ2n) is 8.94. The van der Waals surface area contributed by atoms with Crippen LogP contribution in [0.15, 0.2) is 23.7 Å². The molecule has 0 radical (unpaired) electrons. The van der Waals surface area contributed by atoms with Crippen molar-refractivity contribution in [2.45, 2.75) is 32.7 Å². The van der Waals surface area contributed by atoms with Crippen molar-refractivity contribution in [3.05, 3.63) is 40.0 Å². The molecule has 0 N–H and O–H groups in total. The Balaban J connectivity index is 1.36. The molecule has 2 aromatic heterocycles. The monoisotopic (exact) mass is 429 g/mol. The van der Waals surface area contributed by atoms with Crippen LogP contribution in [0.25, 0.3) is 0 Å². The molecule has 2 fully saturated rings. The summed E-state index contributed by atoms with van der Waals surface area (Å²) in [6.07, 6.45) is 1.76. The predicted octanol–water partition coefficient (Wildman–Crippen LogP) is 2.63. The third-order valence-corrected chi connectivity index (χ3v) is 6.88. The maximum absolute atomic E-state index is 13.2. The van der Waals surface area contributed by atoms with E-state index in [2.05, 4.69) is 40.9 Å². The topological polar surface area (TPSA) is 61.8 Å². The molecule has 8 heteroatoms. The zero-order valence-electron chi connectivity index (χ0n) is 18.1. The van der Waals surface area contributed by atoms with E-state index in [1.165, 1.54) is 5.01 Å². The number of amides is 1. The lowest BCUT2D eigenvalue weighted by atomic mass is 9.98. The summed E-state index contributed by atoms with van der Waals surface area (Å²) in [5.41, 5.74) is 1.92. The average molecular weight is 430 g/mol. The summed E-state index contributed by atoms with van der Waals surface area (Å²) in [6.45, 7) is 13.5. The fraction of sp³-hybridized carbons (Fsp3) is 0.591. The quantitative estimate of drug-likeness (QED) is 0.745. The van der Waals surface area contributed by atoms with Crippen LogP contribution >= 0.6 is 11.3 Å². The van der Waals surface area contributed by atoms with E-state index in [-0.39, 0.29) is 11.3 Å². The Kier molecular flexibility index (Phi) is 6.36. The first-order chi connectivity index (χ1) is 14.4. The minimum atomic E-state index is 0.0768. The third kappa shape index (κ3) is 4.82. The molecule has 4 rings (SSSR count). The van der Waals surface area contributed by atoms with Crippen LogP contribution in [0.4, 0.5) is 5.82 Å². The second-order valence-corrected chi connectivity index (χ2v) is 9.79. The number of aromatic nitrogens is 2. The van der Waals surface area contributed by atoms with E-state index in [1.54, 1.807) is 17.5 Å². The second kappa shape index (κ2) is 8.99. The van der Waals surface area contributed by atoms with Gasteiger partial charge in [-0.3, -0.25) is 9.69 Å². The Bertz CT molecular complexity index is 864. The van der Waals surface area contributed by atoms with Gasteiger partial charge in [0, 0.05) is 62.8 Å². The molecule has 162 valence electrons. The van der Waals surface area contributed by atoms with Crippen molar-refractivity contribution in [2.75, 3.05) is 57.4 Å². The molecule has 2 saturated heterocycles. The van der Waals surface area contributed by atoms with Crippen LogP contribution < -0.4 is 4.90 Å². The largest absolute Gasteiger partial charge is 0.378 e. The molecule has 0 bridgehead atoms. The SMILES string of the molecule is CC(C)(C)c1nc(CN2CCN(C(=O)c3cccnc3N3CCOCC3)CC2)cs1. The van der Waals surface area contributed by atoms with Gasteiger partial charge in [0.1, 0.15) is 5.82 Å². The first-order valence-corrected chi connectivity index (χ1v) is 11.5. The van der Waals surface area contributed by atoms with Crippen molar-refractivity contribution < 1.29 is 9.53 Å². The number of thiazole rings is 1. The number of rotatable bonds is 4. The van der Waals surface area contributed by atoms with Gasteiger partial charge in [-0.1, -0.05) is 20.8 Å². The van der Waals surface area contributed by atoms with Crippen molar-refractivity contribution in [3.8, 4) is 0 Å². The number of piperazine rings is 1. The van der Waals surface area contributed by atoms with Gasteiger partial charge in [0.2, 0.25) is 0 Å². The molecule has 4 heterocycles. The van der Waals surface area contributed by atoms with Crippen LogP contribution in [0, 0.1) is 0 Å². The molecular formula is C22H31N5O2S. The normalized spacial score (nSPS) is 18.6. The van der Waals surface area contributed by atoms with Crippen molar-refractivity contribution in [1.82, 2.24) is 19.8 Å². The number of carbonyl (C=O) groups is 1. The highest BCUT2D eigenvalue weighted by Crippen LogP contribution is 2.26. The fourth-order valence-corrected chi connectivity index (χ4v) is 4.72. The molecule has 2 aromatic rings. The minimum absolute atomic E-state index is 0.0768. The molecule has 0 atom stereocenters. The maximum Gasteiger partial charge on any atom is 0.257 e. The molecule has 2 aliphatic rings. The standard InChI is InChI=1S/C22H31N5O2S/c1-22(2,3)21-24-17(16-30-21)15-25-7-9-27(10-8-25)20(28)18-5-4-6-23-19(18)26-11-13-29-14-12-26/h4-6,16H,7-15H2,1-3H3. The molecule has 0 saturated carbocycles. The van der Waals surface area contributed by atoms with E-state index in [1.807, 2.05) is 17.0 Å². The zero-order valence-corrected chi connectivity index (χ0v) is 19.0. The van der Waals surface area contributed by atoms with Gasteiger partial charge in [-0.2, -0.15) is 0 Å². The smallest absolute Gasteiger partial charge is 0.257 e. The highest BCUT2D eigenvalue weighted by atomic mass is 32.1. The number of carbonyl (C=O) groups excluding carboxylic acids is 1. The lowest BCUT2D eigenvalue weighted by Gasteiger charge is -2.35. The summed E-state index contributed by atoms with van der Waals surface area (Å²) in [5.74, 6) is 0.860. The zero-order chi connectivity index (χ0) is 21.1. The van der Waals surface area contributed by atoms with Gasteiger partial charge in [-0.15, -0.1) is 11.3 Å². The van der Waals surface area contributed by atoms with E-state index in [0.717, 1.165) is 57.3 Å².